The molecule has 38 heavy (non-hydrogen) atoms. The molecule has 3 aromatic rings. The van der Waals surface area contributed by atoms with Crippen molar-refractivity contribution < 1.29 is 35.8 Å². The van der Waals surface area contributed by atoms with Crippen LogP contribution >= 0.6 is 0 Å². The molecule has 0 aromatic heterocycles. The molecule has 3 aromatic carbocycles. The molecule has 1 saturated carbocycles. The Balaban J connectivity index is 1.40. The number of halogens is 6. The smallest absolute Gasteiger partial charge is 0.201 e. The fraction of sp³-hybridized carbons (Fsp3) is 0.400. The molecule has 0 amide bonds. The normalized spacial score (nSPS) is 17.5. The van der Waals surface area contributed by atoms with E-state index in [9.17, 15) is 26.3 Å². The number of rotatable bonds is 9. The molecule has 4 rings (SSSR count). The van der Waals surface area contributed by atoms with Crippen LogP contribution in [-0.4, -0.2) is 6.61 Å². The summed E-state index contributed by atoms with van der Waals surface area (Å²) in [7, 11) is 0. The van der Waals surface area contributed by atoms with E-state index >= 15 is 0 Å². The number of unbranched alkanes of at least 4 members (excludes halogenated alkanes) is 1. The molecule has 204 valence electrons. The van der Waals surface area contributed by atoms with Crippen molar-refractivity contribution in [2.24, 2.45) is 0 Å². The molecule has 8 heteroatoms. The largest absolute Gasteiger partial charge is 0.490 e. The minimum absolute atomic E-state index is 0.160. The van der Waals surface area contributed by atoms with Crippen molar-refractivity contribution in [3.8, 4) is 11.5 Å². The Hall–Kier alpha value is -3.16. The summed E-state index contributed by atoms with van der Waals surface area (Å²) in [5.41, 5.74) is 0.564. The highest BCUT2D eigenvalue weighted by Gasteiger charge is 2.29. The number of ether oxygens (including phenoxy) is 2. The molecule has 0 heterocycles. The van der Waals surface area contributed by atoms with E-state index in [1.165, 1.54) is 31.2 Å². The Morgan fingerprint density at radius 2 is 1.16 bits per heavy atom. The SMILES string of the molecule is CCCCOc1ccc(COc2ccc(C3CCC(c4ccc(C)c(F)c4F)CC3)c(F)c2F)c(F)c1F. The highest BCUT2D eigenvalue weighted by molar-refractivity contribution is 5.35. The summed E-state index contributed by atoms with van der Waals surface area (Å²) in [5, 5.41) is 0. The fourth-order valence-corrected chi connectivity index (χ4v) is 4.94. The topological polar surface area (TPSA) is 18.5 Å². The third-order valence-corrected chi connectivity index (χ3v) is 7.25. The fourth-order valence-electron chi connectivity index (χ4n) is 4.94. The summed E-state index contributed by atoms with van der Waals surface area (Å²) < 4.78 is 97.4. The van der Waals surface area contributed by atoms with Gasteiger partial charge in [0.2, 0.25) is 11.6 Å². The van der Waals surface area contributed by atoms with Crippen molar-refractivity contribution >= 4 is 0 Å². The molecule has 1 aliphatic rings. The van der Waals surface area contributed by atoms with Crippen LogP contribution in [0.4, 0.5) is 26.3 Å². The van der Waals surface area contributed by atoms with E-state index in [2.05, 4.69) is 0 Å². The van der Waals surface area contributed by atoms with Crippen LogP contribution in [-0.2, 0) is 6.61 Å². The number of hydrogen-bond acceptors (Lipinski definition) is 2. The lowest BCUT2D eigenvalue weighted by Gasteiger charge is -2.30. The second kappa shape index (κ2) is 12.1. The maximum absolute atomic E-state index is 15.0. The maximum Gasteiger partial charge on any atom is 0.201 e. The van der Waals surface area contributed by atoms with Gasteiger partial charge in [0, 0.05) is 5.56 Å². The van der Waals surface area contributed by atoms with Gasteiger partial charge in [-0.15, -0.1) is 0 Å². The zero-order valence-corrected chi connectivity index (χ0v) is 21.4. The Bertz CT molecular complexity index is 1280. The molecule has 0 unspecified atom stereocenters. The minimum Gasteiger partial charge on any atom is -0.490 e. The first kappa shape index (κ1) is 27.9. The molecular formula is C30H30F6O2. The summed E-state index contributed by atoms with van der Waals surface area (Å²) >= 11 is 0. The molecular weight excluding hydrogens is 506 g/mol. The third-order valence-electron chi connectivity index (χ3n) is 7.25. The Kier molecular flexibility index (Phi) is 8.90. The lowest BCUT2D eigenvalue weighted by molar-refractivity contribution is 0.269. The van der Waals surface area contributed by atoms with Gasteiger partial charge in [-0.05, 0) is 85.8 Å². The number of hydrogen-bond donors (Lipinski definition) is 0. The van der Waals surface area contributed by atoms with Gasteiger partial charge in [-0.2, -0.15) is 8.78 Å². The summed E-state index contributed by atoms with van der Waals surface area (Å²) in [5.74, 6) is -7.43. The van der Waals surface area contributed by atoms with Crippen molar-refractivity contribution in [1.29, 1.82) is 0 Å². The van der Waals surface area contributed by atoms with Gasteiger partial charge in [-0.3, -0.25) is 0 Å². The minimum atomic E-state index is -1.21. The van der Waals surface area contributed by atoms with E-state index in [1.54, 1.807) is 12.1 Å². The van der Waals surface area contributed by atoms with Crippen molar-refractivity contribution in [2.75, 3.05) is 6.61 Å². The average molecular weight is 537 g/mol. The van der Waals surface area contributed by atoms with Crippen molar-refractivity contribution in [3.63, 3.8) is 0 Å². The standard InChI is InChI=1S/C30H30F6O2/c1-3-4-15-37-23-13-10-20(26(32)29(23)35)16-38-24-14-12-22(28(34)30(24)36)19-8-6-18(7-9-19)21-11-5-17(2)25(31)27(21)33/h5,10-14,18-19H,3-4,6-9,15-16H2,1-2H3. The van der Waals surface area contributed by atoms with Crippen LogP contribution in [0.15, 0.2) is 36.4 Å². The monoisotopic (exact) mass is 536 g/mol. The van der Waals surface area contributed by atoms with E-state index < -0.39 is 47.3 Å². The van der Waals surface area contributed by atoms with Gasteiger partial charge in [-0.25, -0.2) is 17.6 Å². The molecule has 0 saturated heterocycles. The average Bonchev–Trinajstić information content (AvgIpc) is 2.92. The van der Waals surface area contributed by atoms with E-state index in [0.29, 0.717) is 37.7 Å². The molecule has 0 radical (unpaired) electrons. The molecule has 2 nitrogen and oxygen atoms in total. The first-order chi connectivity index (χ1) is 18.2. The van der Waals surface area contributed by atoms with Crippen LogP contribution in [0, 0.1) is 41.8 Å². The summed E-state index contributed by atoms with van der Waals surface area (Å²) in [6.07, 6.45) is 3.51. The second-order valence-corrected chi connectivity index (χ2v) is 9.77. The lowest BCUT2D eigenvalue weighted by atomic mass is 9.75. The summed E-state index contributed by atoms with van der Waals surface area (Å²) in [6, 6.07) is 8.39. The quantitative estimate of drug-likeness (QED) is 0.201. The highest BCUT2D eigenvalue weighted by atomic mass is 19.2. The van der Waals surface area contributed by atoms with Gasteiger partial charge in [0.05, 0.1) is 6.61 Å². The van der Waals surface area contributed by atoms with Crippen LogP contribution in [0.5, 0.6) is 11.5 Å². The first-order valence-corrected chi connectivity index (χ1v) is 12.9. The van der Waals surface area contributed by atoms with Crippen molar-refractivity contribution in [1.82, 2.24) is 0 Å². The first-order valence-electron chi connectivity index (χ1n) is 12.9. The van der Waals surface area contributed by atoms with Gasteiger partial charge in [-0.1, -0.05) is 31.5 Å². The van der Waals surface area contributed by atoms with Gasteiger partial charge in [0.1, 0.15) is 6.61 Å². The van der Waals surface area contributed by atoms with E-state index in [1.807, 2.05) is 6.92 Å². The van der Waals surface area contributed by atoms with Crippen molar-refractivity contribution in [3.05, 3.63) is 93.6 Å². The summed E-state index contributed by atoms with van der Waals surface area (Å²) in [4.78, 5) is 0. The van der Waals surface area contributed by atoms with E-state index in [-0.39, 0.29) is 40.9 Å². The Morgan fingerprint density at radius 3 is 1.79 bits per heavy atom. The zero-order chi connectivity index (χ0) is 27.4. The second-order valence-electron chi connectivity index (χ2n) is 9.77. The van der Waals surface area contributed by atoms with Crippen LogP contribution in [0.25, 0.3) is 0 Å². The van der Waals surface area contributed by atoms with Crippen LogP contribution < -0.4 is 9.47 Å². The molecule has 0 bridgehead atoms. The molecule has 1 aliphatic carbocycles. The van der Waals surface area contributed by atoms with Crippen molar-refractivity contribution in [2.45, 2.75) is 70.8 Å². The summed E-state index contributed by atoms with van der Waals surface area (Å²) in [6.45, 7) is 3.19. The van der Waals surface area contributed by atoms with E-state index in [0.717, 1.165) is 6.42 Å². The van der Waals surface area contributed by atoms with Crippen LogP contribution in [0.2, 0.25) is 0 Å². The van der Waals surface area contributed by atoms with E-state index in [4.69, 9.17) is 9.47 Å². The highest BCUT2D eigenvalue weighted by Crippen LogP contribution is 2.43. The van der Waals surface area contributed by atoms with Gasteiger partial charge < -0.3 is 9.47 Å². The molecule has 0 N–H and O–H groups in total. The number of aryl methyl sites for hydroxylation is 1. The molecule has 0 atom stereocenters. The molecule has 0 aliphatic heterocycles. The zero-order valence-electron chi connectivity index (χ0n) is 21.4. The van der Waals surface area contributed by atoms with Gasteiger partial charge in [0.25, 0.3) is 0 Å². The van der Waals surface area contributed by atoms with Crippen LogP contribution in [0.1, 0.15) is 79.5 Å². The number of benzene rings is 3. The van der Waals surface area contributed by atoms with Crippen LogP contribution in [0.3, 0.4) is 0 Å². The predicted octanol–water partition coefficient (Wildman–Crippen LogP) is 9.03. The predicted molar refractivity (Wildman–Crippen MR) is 132 cm³/mol. The Labute approximate surface area is 218 Å². The maximum atomic E-state index is 15.0. The molecule has 1 fully saturated rings. The molecule has 0 spiro atoms. The Morgan fingerprint density at radius 1 is 0.632 bits per heavy atom. The van der Waals surface area contributed by atoms with Gasteiger partial charge in [0.15, 0.2) is 34.8 Å². The third kappa shape index (κ3) is 5.79. The van der Waals surface area contributed by atoms with Gasteiger partial charge >= 0.3 is 0 Å². The lowest BCUT2D eigenvalue weighted by Crippen LogP contribution is -2.15.